The first-order valence-electron chi connectivity index (χ1n) is 6.77. The van der Waals surface area contributed by atoms with Gasteiger partial charge in [0.15, 0.2) is 0 Å². The Morgan fingerprint density at radius 3 is 2.84 bits per heavy atom. The third kappa shape index (κ3) is 4.21. The summed E-state index contributed by atoms with van der Waals surface area (Å²) in [4.78, 5) is 17.9. The van der Waals surface area contributed by atoms with Gasteiger partial charge in [0.05, 0.1) is 7.11 Å². The van der Waals surface area contributed by atoms with Crippen LogP contribution in [0.3, 0.4) is 0 Å². The molecule has 1 aromatic rings. The Hall–Kier alpha value is -1.62. The van der Waals surface area contributed by atoms with E-state index < -0.39 is 0 Å². The van der Waals surface area contributed by atoms with Gasteiger partial charge in [-0.2, -0.15) is 0 Å². The average Bonchev–Trinajstić information content (AvgIpc) is 2.98. The molecule has 104 valence electrons. The Morgan fingerprint density at radius 2 is 2.21 bits per heavy atom. The van der Waals surface area contributed by atoms with E-state index in [1.807, 2.05) is 17.0 Å². The lowest BCUT2D eigenvalue weighted by molar-refractivity contribution is -0.130. The van der Waals surface area contributed by atoms with Gasteiger partial charge >= 0.3 is 0 Å². The minimum Gasteiger partial charge on any atom is -0.481 e. The van der Waals surface area contributed by atoms with Crippen LogP contribution in [0.2, 0.25) is 0 Å². The zero-order valence-corrected chi connectivity index (χ0v) is 11.4. The van der Waals surface area contributed by atoms with Crippen molar-refractivity contribution in [2.75, 3.05) is 26.7 Å². The summed E-state index contributed by atoms with van der Waals surface area (Å²) in [6.45, 7) is 3.30. The molecule has 0 spiro atoms. The van der Waals surface area contributed by atoms with Gasteiger partial charge in [0.1, 0.15) is 0 Å². The minimum absolute atomic E-state index is 0.262. The molecule has 5 nitrogen and oxygen atoms in total. The van der Waals surface area contributed by atoms with Crippen LogP contribution in [0.1, 0.15) is 24.8 Å². The second-order valence-corrected chi connectivity index (χ2v) is 4.72. The second-order valence-electron chi connectivity index (χ2n) is 4.72. The van der Waals surface area contributed by atoms with E-state index >= 15 is 0 Å². The van der Waals surface area contributed by atoms with Gasteiger partial charge < -0.3 is 15.0 Å². The molecule has 0 saturated carbocycles. The van der Waals surface area contributed by atoms with Crippen LogP contribution in [0, 0.1) is 0 Å². The Labute approximate surface area is 114 Å². The number of amides is 1. The third-order valence-electron chi connectivity index (χ3n) is 3.31. The quantitative estimate of drug-likeness (QED) is 0.783. The Kier molecular flexibility index (Phi) is 5.15. The van der Waals surface area contributed by atoms with Crippen molar-refractivity contribution in [1.82, 2.24) is 15.2 Å². The van der Waals surface area contributed by atoms with Crippen LogP contribution in [0.5, 0.6) is 5.88 Å². The number of likely N-dealkylation sites (tertiary alicyclic amines) is 1. The largest absolute Gasteiger partial charge is 0.481 e. The number of carbonyl (C=O) groups excluding carboxylic acids is 1. The lowest BCUT2D eigenvalue weighted by Gasteiger charge is -2.15. The van der Waals surface area contributed by atoms with E-state index in [-0.39, 0.29) is 5.91 Å². The van der Waals surface area contributed by atoms with Gasteiger partial charge in [-0.05, 0) is 18.4 Å². The number of aromatic nitrogens is 1. The second kappa shape index (κ2) is 7.09. The molecule has 0 atom stereocenters. The van der Waals surface area contributed by atoms with E-state index in [0.29, 0.717) is 18.8 Å². The highest BCUT2D eigenvalue weighted by molar-refractivity contribution is 5.76. The molecule has 0 radical (unpaired) electrons. The number of hydrogen-bond donors (Lipinski definition) is 1. The molecule has 0 unspecified atom stereocenters. The maximum Gasteiger partial charge on any atom is 0.223 e. The van der Waals surface area contributed by atoms with E-state index in [1.54, 1.807) is 13.3 Å². The summed E-state index contributed by atoms with van der Waals surface area (Å²) in [6, 6.07) is 3.81. The monoisotopic (exact) mass is 263 g/mol. The van der Waals surface area contributed by atoms with E-state index in [2.05, 4.69) is 10.3 Å². The summed E-state index contributed by atoms with van der Waals surface area (Å²) < 4.78 is 5.00. The molecular weight excluding hydrogens is 242 g/mol. The normalized spacial score (nSPS) is 14.7. The van der Waals surface area contributed by atoms with Gasteiger partial charge in [0.25, 0.3) is 0 Å². The van der Waals surface area contributed by atoms with Gasteiger partial charge in [0.2, 0.25) is 11.8 Å². The molecule has 1 saturated heterocycles. The number of nitrogens with zero attached hydrogens (tertiary/aromatic N) is 2. The number of methoxy groups -OCH3 is 1. The Morgan fingerprint density at radius 1 is 1.42 bits per heavy atom. The molecule has 0 aliphatic carbocycles. The topological polar surface area (TPSA) is 54.5 Å². The van der Waals surface area contributed by atoms with Crippen molar-refractivity contribution in [1.29, 1.82) is 0 Å². The molecule has 1 aliphatic heterocycles. The predicted molar refractivity (Wildman–Crippen MR) is 72.9 cm³/mol. The minimum atomic E-state index is 0.262. The number of rotatable bonds is 6. The summed E-state index contributed by atoms with van der Waals surface area (Å²) in [5.74, 6) is 0.880. The SMILES string of the molecule is COc1ccc(CNCCC(=O)N2CCCC2)cn1. The van der Waals surface area contributed by atoms with Crippen molar-refractivity contribution in [3.8, 4) is 5.88 Å². The first-order chi connectivity index (χ1) is 9.29. The highest BCUT2D eigenvalue weighted by Gasteiger charge is 2.16. The molecule has 1 amide bonds. The molecule has 2 rings (SSSR count). The summed E-state index contributed by atoms with van der Waals surface area (Å²) in [5, 5.41) is 3.27. The molecule has 0 aromatic carbocycles. The molecule has 1 fully saturated rings. The molecule has 1 aliphatic rings. The van der Waals surface area contributed by atoms with Gasteiger partial charge in [-0.3, -0.25) is 4.79 Å². The lowest BCUT2D eigenvalue weighted by atomic mass is 10.3. The van der Waals surface area contributed by atoms with Crippen molar-refractivity contribution >= 4 is 5.91 Å². The molecule has 5 heteroatoms. The molecule has 0 bridgehead atoms. The first-order valence-corrected chi connectivity index (χ1v) is 6.77. The number of hydrogen-bond acceptors (Lipinski definition) is 4. The number of ether oxygens (including phenoxy) is 1. The van der Waals surface area contributed by atoms with Crippen LogP contribution in [0.4, 0.5) is 0 Å². The number of carbonyl (C=O) groups is 1. The standard InChI is InChI=1S/C14H21N3O2/c1-19-13-5-4-12(11-16-13)10-15-7-6-14(18)17-8-2-3-9-17/h4-5,11,15H,2-3,6-10H2,1H3. The molecule has 1 N–H and O–H groups in total. The highest BCUT2D eigenvalue weighted by atomic mass is 16.5. The van der Waals surface area contributed by atoms with E-state index in [9.17, 15) is 4.79 Å². The van der Waals surface area contributed by atoms with E-state index in [0.717, 1.165) is 38.0 Å². The van der Waals surface area contributed by atoms with Crippen molar-refractivity contribution in [3.63, 3.8) is 0 Å². The smallest absolute Gasteiger partial charge is 0.223 e. The summed E-state index contributed by atoms with van der Waals surface area (Å²) >= 11 is 0. The lowest BCUT2D eigenvalue weighted by Crippen LogP contribution is -2.30. The summed E-state index contributed by atoms with van der Waals surface area (Å²) in [5.41, 5.74) is 1.09. The van der Waals surface area contributed by atoms with Crippen LogP contribution in [0.25, 0.3) is 0 Å². The van der Waals surface area contributed by atoms with E-state index in [1.165, 1.54) is 0 Å². The van der Waals surface area contributed by atoms with Crippen molar-refractivity contribution in [2.45, 2.75) is 25.8 Å². The summed E-state index contributed by atoms with van der Waals surface area (Å²) in [7, 11) is 1.60. The Bertz CT molecular complexity index is 400. The third-order valence-corrected chi connectivity index (χ3v) is 3.31. The van der Waals surface area contributed by atoms with Crippen LogP contribution in [-0.2, 0) is 11.3 Å². The van der Waals surface area contributed by atoms with Crippen molar-refractivity contribution in [3.05, 3.63) is 23.9 Å². The fourth-order valence-electron chi connectivity index (χ4n) is 2.19. The Balaban J connectivity index is 1.64. The van der Waals surface area contributed by atoms with Crippen LogP contribution < -0.4 is 10.1 Å². The zero-order valence-electron chi connectivity index (χ0n) is 11.4. The average molecular weight is 263 g/mol. The maximum atomic E-state index is 11.8. The van der Waals surface area contributed by atoms with Crippen molar-refractivity contribution in [2.24, 2.45) is 0 Å². The first kappa shape index (κ1) is 13.8. The molecule has 1 aromatic heterocycles. The molecule has 2 heterocycles. The number of pyridine rings is 1. The maximum absolute atomic E-state index is 11.8. The van der Waals surface area contributed by atoms with Gasteiger partial charge in [-0.1, -0.05) is 6.07 Å². The number of nitrogens with one attached hydrogen (secondary N) is 1. The fraction of sp³-hybridized carbons (Fsp3) is 0.571. The molecule has 19 heavy (non-hydrogen) atoms. The fourth-order valence-corrected chi connectivity index (χ4v) is 2.19. The summed E-state index contributed by atoms with van der Waals surface area (Å²) in [6.07, 6.45) is 4.66. The van der Waals surface area contributed by atoms with Gasteiger partial charge in [-0.25, -0.2) is 4.98 Å². The van der Waals surface area contributed by atoms with Crippen LogP contribution >= 0.6 is 0 Å². The van der Waals surface area contributed by atoms with E-state index in [4.69, 9.17) is 4.74 Å². The van der Waals surface area contributed by atoms with Gasteiger partial charge in [0, 0.05) is 44.9 Å². The predicted octanol–water partition coefficient (Wildman–Crippen LogP) is 1.19. The van der Waals surface area contributed by atoms with Crippen molar-refractivity contribution < 1.29 is 9.53 Å². The zero-order chi connectivity index (χ0) is 13.5. The molecular formula is C14H21N3O2. The van der Waals surface area contributed by atoms with Gasteiger partial charge in [-0.15, -0.1) is 0 Å². The highest BCUT2D eigenvalue weighted by Crippen LogP contribution is 2.09. The van der Waals surface area contributed by atoms with Crippen LogP contribution in [0.15, 0.2) is 18.3 Å². The van der Waals surface area contributed by atoms with Crippen LogP contribution in [-0.4, -0.2) is 42.5 Å².